The highest BCUT2D eigenvalue weighted by Crippen LogP contribution is 2.09. The molecule has 80 valence electrons. The fourth-order valence-electron chi connectivity index (χ4n) is 1.31. The molecule has 0 aromatic heterocycles. The first-order valence-electron chi connectivity index (χ1n) is 4.98. The van der Waals surface area contributed by atoms with Crippen LogP contribution in [0.4, 0.5) is 0 Å². The minimum Gasteiger partial charge on any atom is -0.392 e. The van der Waals surface area contributed by atoms with Crippen molar-refractivity contribution in [3.8, 4) is 0 Å². The third kappa shape index (κ3) is 8.72. The molecule has 0 spiro atoms. The maximum Gasteiger partial charge on any atom is 0.0638 e. The molecule has 0 saturated carbocycles. The van der Waals surface area contributed by atoms with Crippen LogP contribution in [0.25, 0.3) is 0 Å². The van der Waals surface area contributed by atoms with E-state index in [0.717, 1.165) is 24.3 Å². The van der Waals surface area contributed by atoms with Gasteiger partial charge >= 0.3 is 0 Å². The molecule has 0 radical (unpaired) electrons. The molecule has 13 heavy (non-hydrogen) atoms. The van der Waals surface area contributed by atoms with Crippen molar-refractivity contribution in [1.82, 2.24) is 4.90 Å². The quantitative estimate of drug-likeness (QED) is 0.701. The van der Waals surface area contributed by atoms with Gasteiger partial charge in [0.1, 0.15) is 0 Å². The van der Waals surface area contributed by atoms with Gasteiger partial charge in [0, 0.05) is 11.9 Å². The number of hydrogen-bond acceptors (Lipinski definition) is 2. The zero-order valence-corrected chi connectivity index (χ0v) is 10.5. The van der Waals surface area contributed by atoms with E-state index in [2.05, 4.69) is 34.8 Å². The normalized spacial score (nSPS) is 16.2. The van der Waals surface area contributed by atoms with Gasteiger partial charge in [-0.1, -0.05) is 22.9 Å². The Kier molecular flexibility index (Phi) is 8.01. The van der Waals surface area contributed by atoms with Crippen LogP contribution in [0, 0.1) is 5.92 Å². The smallest absolute Gasteiger partial charge is 0.0638 e. The van der Waals surface area contributed by atoms with Crippen molar-refractivity contribution in [3.05, 3.63) is 0 Å². The molecule has 0 aliphatic heterocycles. The van der Waals surface area contributed by atoms with Gasteiger partial charge in [0.15, 0.2) is 0 Å². The minimum atomic E-state index is -0.212. The SMILES string of the molecule is CC(O)CN(C)CCC(C)CCBr. The third-order valence-electron chi connectivity index (χ3n) is 2.18. The van der Waals surface area contributed by atoms with Gasteiger partial charge in [0.25, 0.3) is 0 Å². The molecule has 0 bridgehead atoms. The van der Waals surface area contributed by atoms with Gasteiger partial charge in [-0.2, -0.15) is 0 Å². The van der Waals surface area contributed by atoms with E-state index in [0.29, 0.717) is 0 Å². The summed E-state index contributed by atoms with van der Waals surface area (Å²) in [6, 6.07) is 0. The Balaban J connectivity index is 3.40. The predicted octanol–water partition coefficient (Wildman–Crippen LogP) is 2.11. The van der Waals surface area contributed by atoms with Crippen LogP contribution in [0.3, 0.4) is 0 Å². The Morgan fingerprint density at radius 2 is 1.92 bits per heavy atom. The lowest BCUT2D eigenvalue weighted by Crippen LogP contribution is -2.28. The van der Waals surface area contributed by atoms with Crippen molar-refractivity contribution in [2.75, 3.05) is 25.5 Å². The topological polar surface area (TPSA) is 23.5 Å². The summed E-state index contributed by atoms with van der Waals surface area (Å²) in [6.07, 6.45) is 2.24. The van der Waals surface area contributed by atoms with E-state index in [1.54, 1.807) is 0 Å². The van der Waals surface area contributed by atoms with E-state index < -0.39 is 0 Å². The van der Waals surface area contributed by atoms with E-state index >= 15 is 0 Å². The summed E-state index contributed by atoms with van der Waals surface area (Å²) in [5.41, 5.74) is 0. The second kappa shape index (κ2) is 7.77. The number of alkyl halides is 1. The van der Waals surface area contributed by atoms with Gasteiger partial charge in [0.05, 0.1) is 6.10 Å². The first-order chi connectivity index (χ1) is 6.06. The Labute approximate surface area is 90.4 Å². The van der Waals surface area contributed by atoms with Crippen LogP contribution in [-0.2, 0) is 0 Å². The van der Waals surface area contributed by atoms with Gasteiger partial charge in [-0.05, 0) is 39.3 Å². The van der Waals surface area contributed by atoms with Crippen LogP contribution in [0.5, 0.6) is 0 Å². The van der Waals surface area contributed by atoms with Crippen LogP contribution in [0.15, 0.2) is 0 Å². The van der Waals surface area contributed by atoms with E-state index in [1.165, 1.54) is 12.8 Å². The first kappa shape index (κ1) is 13.4. The van der Waals surface area contributed by atoms with E-state index in [4.69, 9.17) is 5.11 Å². The lowest BCUT2D eigenvalue weighted by atomic mass is 10.1. The van der Waals surface area contributed by atoms with Crippen LogP contribution < -0.4 is 0 Å². The number of rotatable bonds is 7. The summed E-state index contributed by atoms with van der Waals surface area (Å²) < 4.78 is 0. The molecule has 2 nitrogen and oxygen atoms in total. The third-order valence-corrected chi connectivity index (χ3v) is 2.64. The number of likely N-dealkylation sites (N-methyl/N-ethyl adjacent to an activating group) is 1. The maximum absolute atomic E-state index is 9.14. The largest absolute Gasteiger partial charge is 0.392 e. The number of halogens is 1. The molecule has 0 rings (SSSR count). The van der Waals surface area contributed by atoms with Crippen molar-refractivity contribution < 1.29 is 5.11 Å². The van der Waals surface area contributed by atoms with Gasteiger partial charge in [-0.25, -0.2) is 0 Å². The molecular weight excluding hydrogens is 230 g/mol. The Hall–Kier alpha value is 0.400. The monoisotopic (exact) mass is 251 g/mol. The fraction of sp³-hybridized carbons (Fsp3) is 1.00. The molecule has 0 aromatic carbocycles. The summed E-state index contributed by atoms with van der Waals surface area (Å²) in [4.78, 5) is 2.19. The summed E-state index contributed by atoms with van der Waals surface area (Å²) in [6.45, 7) is 5.97. The van der Waals surface area contributed by atoms with Gasteiger partial charge < -0.3 is 10.0 Å². The summed E-state index contributed by atoms with van der Waals surface area (Å²) in [7, 11) is 2.06. The summed E-state index contributed by atoms with van der Waals surface area (Å²) >= 11 is 3.44. The second-order valence-corrected chi connectivity index (χ2v) is 4.78. The summed E-state index contributed by atoms with van der Waals surface area (Å²) in [5, 5.41) is 10.2. The molecular formula is C10H22BrNO. The van der Waals surface area contributed by atoms with E-state index in [9.17, 15) is 0 Å². The number of aliphatic hydroxyl groups is 1. The second-order valence-electron chi connectivity index (χ2n) is 3.98. The molecule has 0 aliphatic rings. The molecule has 1 N–H and O–H groups in total. The average Bonchev–Trinajstić information content (AvgIpc) is 2.00. The summed E-state index contributed by atoms with van der Waals surface area (Å²) in [5.74, 6) is 0.774. The van der Waals surface area contributed by atoms with Crippen molar-refractivity contribution >= 4 is 15.9 Å². The molecule has 0 saturated heterocycles. The zero-order valence-electron chi connectivity index (χ0n) is 8.96. The van der Waals surface area contributed by atoms with Gasteiger partial charge in [-0.3, -0.25) is 0 Å². The van der Waals surface area contributed by atoms with E-state index in [1.807, 2.05) is 6.92 Å². The zero-order chi connectivity index (χ0) is 10.3. The molecule has 0 amide bonds. The van der Waals surface area contributed by atoms with Gasteiger partial charge in [-0.15, -0.1) is 0 Å². The fourth-order valence-corrected chi connectivity index (χ4v) is 2.10. The van der Waals surface area contributed by atoms with Gasteiger partial charge in [0.2, 0.25) is 0 Å². The van der Waals surface area contributed by atoms with Crippen molar-refractivity contribution in [2.24, 2.45) is 5.92 Å². The standard InChI is InChI=1S/C10H22BrNO/c1-9(4-6-11)5-7-12(3)8-10(2)13/h9-10,13H,4-8H2,1-3H3. The Morgan fingerprint density at radius 1 is 1.31 bits per heavy atom. The number of nitrogens with zero attached hydrogens (tertiary/aromatic N) is 1. The molecule has 2 unspecified atom stereocenters. The average molecular weight is 252 g/mol. The highest BCUT2D eigenvalue weighted by molar-refractivity contribution is 9.09. The molecule has 3 heteroatoms. The number of aliphatic hydroxyl groups excluding tert-OH is 1. The molecule has 0 aromatic rings. The van der Waals surface area contributed by atoms with E-state index in [-0.39, 0.29) is 6.10 Å². The van der Waals surface area contributed by atoms with Crippen LogP contribution in [0.1, 0.15) is 26.7 Å². The molecule has 0 heterocycles. The first-order valence-corrected chi connectivity index (χ1v) is 6.11. The van der Waals surface area contributed by atoms with Crippen LogP contribution in [-0.4, -0.2) is 41.6 Å². The lowest BCUT2D eigenvalue weighted by molar-refractivity contribution is 0.138. The highest BCUT2D eigenvalue weighted by Gasteiger charge is 2.05. The lowest BCUT2D eigenvalue weighted by Gasteiger charge is -2.20. The molecule has 2 atom stereocenters. The van der Waals surface area contributed by atoms with Crippen molar-refractivity contribution in [1.29, 1.82) is 0 Å². The van der Waals surface area contributed by atoms with Crippen molar-refractivity contribution in [2.45, 2.75) is 32.8 Å². The van der Waals surface area contributed by atoms with Crippen LogP contribution >= 0.6 is 15.9 Å². The maximum atomic E-state index is 9.14. The Bertz CT molecular complexity index is 119. The molecule has 0 fully saturated rings. The number of hydrogen-bond donors (Lipinski definition) is 1. The van der Waals surface area contributed by atoms with Crippen LogP contribution in [0.2, 0.25) is 0 Å². The molecule has 0 aliphatic carbocycles. The highest BCUT2D eigenvalue weighted by atomic mass is 79.9. The minimum absolute atomic E-state index is 0.212. The Morgan fingerprint density at radius 3 is 2.38 bits per heavy atom. The predicted molar refractivity (Wildman–Crippen MR) is 61.4 cm³/mol. The van der Waals surface area contributed by atoms with Crippen molar-refractivity contribution in [3.63, 3.8) is 0 Å².